The van der Waals surface area contributed by atoms with Crippen molar-refractivity contribution in [2.24, 2.45) is 5.92 Å². The molecule has 192 valence electrons. The van der Waals surface area contributed by atoms with Crippen LogP contribution in [0, 0.1) is 5.92 Å². The molecule has 2 aromatic rings. The second-order valence-electron chi connectivity index (χ2n) is 9.89. The van der Waals surface area contributed by atoms with Crippen LogP contribution in [0.3, 0.4) is 0 Å². The molecule has 3 N–H and O–H groups in total. The van der Waals surface area contributed by atoms with E-state index in [-0.39, 0.29) is 29.8 Å². The van der Waals surface area contributed by atoms with Crippen LogP contribution < -0.4 is 20.7 Å². The van der Waals surface area contributed by atoms with E-state index in [0.717, 1.165) is 30.0 Å². The second kappa shape index (κ2) is 10.7. The van der Waals surface area contributed by atoms with Crippen LogP contribution >= 0.6 is 0 Å². The van der Waals surface area contributed by atoms with Crippen molar-refractivity contribution < 1.29 is 19.1 Å². The fourth-order valence-corrected chi connectivity index (χ4v) is 5.58. The summed E-state index contributed by atoms with van der Waals surface area (Å²) in [6.45, 7) is 8.05. The highest BCUT2D eigenvalue weighted by atomic mass is 16.5. The van der Waals surface area contributed by atoms with Gasteiger partial charge in [0.15, 0.2) is 0 Å². The van der Waals surface area contributed by atoms with Gasteiger partial charge in [0.05, 0.1) is 24.8 Å². The summed E-state index contributed by atoms with van der Waals surface area (Å²) in [5.74, 6) is 0.195. The van der Waals surface area contributed by atoms with E-state index in [1.165, 1.54) is 0 Å². The van der Waals surface area contributed by atoms with E-state index in [9.17, 15) is 14.4 Å². The third kappa shape index (κ3) is 4.82. The lowest BCUT2D eigenvalue weighted by atomic mass is 10.00. The molecule has 5 atom stereocenters. The highest BCUT2D eigenvalue weighted by Gasteiger charge is 2.48. The molecule has 4 unspecified atom stereocenters. The van der Waals surface area contributed by atoms with Crippen molar-refractivity contribution in [3.8, 4) is 5.75 Å². The molecule has 3 amide bonds. The average molecular weight is 493 g/mol. The number of likely N-dealkylation sites (tertiary alicyclic amines) is 1. The summed E-state index contributed by atoms with van der Waals surface area (Å²) in [6.07, 6.45) is 2.61. The Morgan fingerprint density at radius 3 is 2.56 bits per heavy atom. The third-order valence-corrected chi connectivity index (χ3v) is 7.63. The molecule has 4 rings (SSSR count). The van der Waals surface area contributed by atoms with Gasteiger partial charge in [-0.2, -0.15) is 0 Å². The van der Waals surface area contributed by atoms with Gasteiger partial charge in [-0.1, -0.05) is 36.9 Å². The van der Waals surface area contributed by atoms with Gasteiger partial charge in [0, 0.05) is 12.6 Å². The minimum Gasteiger partial charge on any atom is -0.496 e. The van der Waals surface area contributed by atoms with Crippen LogP contribution in [-0.2, 0) is 9.59 Å². The molecule has 0 aromatic heterocycles. The van der Waals surface area contributed by atoms with Gasteiger partial charge in [-0.05, 0) is 68.5 Å². The number of amides is 3. The number of carbonyl (C=O) groups is 3. The predicted molar refractivity (Wildman–Crippen MR) is 140 cm³/mol. The second-order valence-corrected chi connectivity index (χ2v) is 9.89. The van der Waals surface area contributed by atoms with E-state index in [1.54, 1.807) is 28.0 Å². The summed E-state index contributed by atoms with van der Waals surface area (Å²) in [5, 5.41) is 10.7. The smallest absolute Gasteiger partial charge is 0.255 e. The number of nitrogens with one attached hydrogen (secondary N) is 3. The first-order valence-electron chi connectivity index (χ1n) is 12.6. The molecule has 1 saturated heterocycles. The van der Waals surface area contributed by atoms with E-state index in [4.69, 9.17) is 4.74 Å². The Hall–Kier alpha value is -3.39. The number of ether oxygens (including phenoxy) is 1. The van der Waals surface area contributed by atoms with Gasteiger partial charge in [-0.25, -0.2) is 0 Å². The minimum atomic E-state index is -0.804. The lowest BCUT2D eigenvalue weighted by Crippen LogP contribution is -2.57. The van der Waals surface area contributed by atoms with Gasteiger partial charge in [-0.3, -0.25) is 14.4 Å². The molecular formula is C28H36N4O4. The van der Waals surface area contributed by atoms with Crippen molar-refractivity contribution >= 4 is 28.5 Å². The fraction of sp³-hybridized carbons (Fsp3) is 0.464. The van der Waals surface area contributed by atoms with Crippen molar-refractivity contribution in [3.63, 3.8) is 0 Å². The summed E-state index contributed by atoms with van der Waals surface area (Å²) in [4.78, 5) is 41.6. The Kier molecular flexibility index (Phi) is 7.64. The summed E-state index contributed by atoms with van der Waals surface area (Å²) < 4.78 is 5.53. The Balaban J connectivity index is 1.56. The Morgan fingerprint density at radius 1 is 1.11 bits per heavy atom. The van der Waals surface area contributed by atoms with Crippen molar-refractivity contribution in [1.29, 1.82) is 0 Å². The number of rotatable bonds is 8. The molecule has 1 saturated carbocycles. The first-order valence-corrected chi connectivity index (χ1v) is 12.6. The number of benzene rings is 2. The summed E-state index contributed by atoms with van der Waals surface area (Å²) in [5.41, 5.74) is 1.09. The maximum Gasteiger partial charge on any atom is 0.255 e. The van der Waals surface area contributed by atoms with Gasteiger partial charge < -0.3 is 25.6 Å². The number of hydrogen-bond donors (Lipinski definition) is 3. The molecule has 8 heteroatoms. The quantitative estimate of drug-likeness (QED) is 0.492. The average Bonchev–Trinajstić information content (AvgIpc) is 3.48. The Labute approximate surface area is 212 Å². The van der Waals surface area contributed by atoms with Crippen LogP contribution in [0.15, 0.2) is 48.6 Å². The number of fused-ring (bicyclic) bond motifs is 2. The van der Waals surface area contributed by atoms with E-state index in [0.29, 0.717) is 29.3 Å². The molecule has 2 aromatic carbocycles. The molecule has 8 nitrogen and oxygen atoms in total. The topological polar surface area (TPSA) is 99.8 Å². The molecule has 36 heavy (non-hydrogen) atoms. The third-order valence-electron chi connectivity index (χ3n) is 7.63. The van der Waals surface area contributed by atoms with E-state index in [1.807, 2.05) is 41.3 Å². The molecule has 0 radical (unpaired) electrons. The van der Waals surface area contributed by atoms with Crippen LogP contribution in [0.2, 0.25) is 0 Å². The van der Waals surface area contributed by atoms with Gasteiger partial charge >= 0.3 is 0 Å². The standard InChI is InChI=1S/C28H36N4O4/c1-16(2)24(31-26(33)17(3)29-4)28(35)32-15-14-19-10-12-21(25(19)32)30-27(34)23-20-9-7-6-8-18(20)11-13-22(23)36-5/h6-9,11,13,17,19,21,24-25,29H,1,10,12,14-15H2,2-5H3,(H,30,34)(H,31,33)/t17-,19?,21?,24?,25?/m0/s1. The molecule has 1 aliphatic carbocycles. The van der Waals surface area contributed by atoms with E-state index >= 15 is 0 Å². The van der Waals surface area contributed by atoms with Crippen LogP contribution in [0.25, 0.3) is 10.8 Å². The van der Waals surface area contributed by atoms with Crippen LogP contribution in [0.5, 0.6) is 5.75 Å². The maximum atomic E-state index is 13.6. The molecular weight excluding hydrogens is 456 g/mol. The maximum absolute atomic E-state index is 13.6. The van der Waals surface area contributed by atoms with Crippen molar-refractivity contribution in [2.75, 3.05) is 20.7 Å². The fourth-order valence-electron chi connectivity index (χ4n) is 5.58. The molecule has 0 bridgehead atoms. The van der Waals surface area contributed by atoms with Crippen LogP contribution in [0.1, 0.15) is 43.5 Å². The van der Waals surface area contributed by atoms with Gasteiger partial charge in [0.2, 0.25) is 11.8 Å². The highest BCUT2D eigenvalue weighted by molar-refractivity contribution is 6.09. The predicted octanol–water partition coefficient (Wildman–Crippen LogP) is 2.63. The van der Waals surface area contributed by atoms with Gasteiger partial charge in [-0.15, -0.1) is 0 Å². The summed E-state index contributed by atoms with van der Waals surface area (Å²) in [6, 6.07) is 9.94. The number of nitrogens with zero attached hydrogens (tertiary/aromatic N) is 1. The number of likely N-dealkylation sites (N-methyl/N-ethyl adjacent to an activating group) is 1. The van der Waals surface area contributed by atoms with Gasteiger partial charge in [0.25, 0.3) is 5.91 Å². The lowest BCUT2D eigenvalue weighted by molar-refractivity contribution is -0.136. The van der Waals surface area contributed by atoms with Crippen molar-refractivity contribution in [2.45, 2.75) is 57.3 Å². The van der Waals surface area contributed by atoms with Crippen LogP contribution in [0.4, 0.5) is 0 Å². The summed E-state index contributed by atoms with van der Waals surface area (Å²) in [7, 11) is 3.26. The molecule has 0 spiro atoms. The van der Waals surface area contributed by atoms with Crippen molar-refractivity contribution in [3.05, 3.63) is 54.1 Å². The normalized spacial score (nSPS) is 22.6. The highest BCUT2D eigenvalue weighted by Crippen LogP contribution is 2.39. The molecule has 1 aliphatic heterocycles. The molecule has 2 aliphatic rings. The zero-order valence-electron chi connectivity index (χ0n) is 21.5. The van der Waals surface area contributed by atoms with E-state index in [2.05, 4.69) is 22.5 Å². The Bertz CT molecular complexity index is 1180. The molecule has 2 fully saturated rings. The minimum absolute atomic E-state index is 0.122. The largest absolute Gasteiger partial charge is 0.496 e. The first-order chi connectivity index (χ1) is 17.3. The lowest BCUT2D eigenvalue weighted by Gasteiger charge is -2.33. The number of methoxy groups -OCH3 is 1. The SMILES string of the molecule is C=C(C)C(NC(=O)[C@H](C)NC)C(=O)N1CCC2CCC(NC(=O)c3c(OC)ccc4ccccc34)C21. The zero-order chi connectivity index (χ0) is 26.0. The van der Waals surface area contributed by atoms with E-state index < -0.39 is 12.1 Å². The monoisotopic (exact) mass is 492 g/mol. The van der Waals surface area contributed by atoms with Crippen molar-refractivity contribution in [1.82, 2.24) is 20.9 Å². The number of hydrogen-bond acceptors (Lipinski definition) is 5. The zero-order valence-corrected chi connectivity index (χ0v) is 21.5. The van der Waals surface area contributed by atoms with Gasteiger partial charge in [0.1, 0.15) is 11.8 Å². The van der Waals surface area contributed by atoms with Crippen LogP contribution in [-0.4, -0.2) is 67.5 Å². The Morgan fingerprint density at radius 2 is 1.86 bits per heavy atom. The first kappa shape index (κ1) is 25.7. The number of carbonyl (C=O) groups excluding carboxylic acids is 3. The summed E-state index contributed by atoms with van der Waals surface area (Å²) >= 11 is 0. The molecule has 1 heterocycles.